The zero-order valence-electron chi connectivity index (χ0n) is 34.5. The summed E-state index contributed by atoms with van der Waals surface area (Å²) >= 11 is 0. The molecular weight excluding hydrogens is 763 g/mol. The standard InChI is InChI=1S/C60H41N3/c1-3-19-42(20-4-1)47-23-7-8-24-48(47)49-25-9-10-26-50(49)51-27-11-15-31-56(51)61(44-35-37-45(38-36-44)63-57-32-16-12-28-52(57)53-29-13-17-33-58(53)63)46-39-40-60-55(41-46)54-30-14-18-34-59(54)62(60)43-21-5-2-6-22-43/h1-41H. The molecule has 3 heteroatoms. The molecule has 2 aromatic heterocycles. The Balaban J connectivity index is 1.08. The minimum absolute atomic E-state index is 1.07. The third-order valence-electron chi connectivity index (χ3n) is 12.5. The van der Waals surface area contributed by atoms with Gasteiger partial charge in [-0.05, 0) is 107 Å². The smallest absolute Gasteiger partial charge is 0.0542 e. The van der Waals surface area contributed by atoms with E-state index in [-0.39, 0.29) is 0 Å². The molecule has 0 radical (unpaired) electrons. The van der Waals surface area contributed by atoms with Crippen molar-refractivity contribution in [1.82, 2.24) is 9.13 Å². The van der Waals surface area contributed by atoms with Crippen LogP contribution in [-0.4, -0.2) is 9.13 Å². The van der Waals surface area contributed by atoms with Crippen LogP contribution >= 0.6 is 0 Å². The molecule has 0 unspecified atom stereocenters. The predicted octanol–water partition coefficient (Wildman–Crippen LogP) is 16.4. The van der Waals surface area contributed by atoms with Gasteiger partial charge in [0, 0.05) is 49.9 Å². The molecule has 0 fully saturated rings. The van der Waals surface area contributed by atoms with Gasteiger partial charge in [-0.1, -0.05) is 170 Å². The van der Waals surface area contributed by atoms with Crippen molar-refractivity contribution in [2.75, 3.05) is 4.90 Å². The second-order valence-electron chi connectivity index (χ2n) is 16.1. The number of nitrogens with zero attached hydrogens (tertiary/aromatic N) is 3. The molecule has 0 aliphatic carbocycles. The summed E-state index contributed by atoms with van der Waals surface area (Å²) in [5.74, 6) is 0. The zero-order chi connectivity index (χ0) is 41.7. The Morgan fingerprint density at radius 1 is 0.254 bits per heavy atom. The van der Waals surface area contributed by atoms with Gasteiger partial charge in [0.05, 0.1) is 27.8 Å². The van der Waals surface area contributed by atoms with Crippen molar-refractivity contribution in [3.05, 3.63) is 249 Å². The fraction of sp³-hybridized carbons (Fsp3) is 0. The molecule has 296 valence electrons. The molecule has 0 saturated heterocycles. The molecule has 63 heavy (non-hydrogen) atoms. The highest BCUT2D eigenvalue weighted by Gasteiger charge is 2.22. The number of para-hydroxylation sites is 5. The van der Waals surface area contributed by atoms with Crippen molar-refractivity contribution in [2.24, 2.45) is 0 Å². The van der Waals surface area contributed by atoms with Crippen LogP contribution < -0.4 is 4.90 Å². The monoisotopic (exact) mass is 803 g/mol. The van der Waals surface area contributed by atoms with Crippen LogP contribution in [0, 0.1) is 0 Å². The first-order valence-electron chi connectivity index (χ1n) is 21.6. The van der Waals surface area contributed by atoms with Crippen molar-refractivity contribution in [1.29, 1.82) is 0 Å². The lowest BCUT2D eigenvalue weighted by Gasteiger charge is -2.29. The summed E-state index contributed by atoms with van der Waals surface area (Å²) in [6, 6.07) is 90.2. The van der Waals surface area contributed by atoms with E-state index in [0.29, 0.717) is 0 Å². The van der Waals surface area contributed by atoms with E-state index in [0.717, 1.165) is 34.0 Å². The number of rotatable bonds is 8. The van der Waals surface area contributed by atoms with Crippen LogP contribution in [0.2, 0.25) is 0 Å². The number of benzene rings is 10. The Labute approximate surface area is 366 Å². The molecule has 0 atom stereocenters. The first-order valence-corrected chi connectivity index (χ1v) is 21.6. The molecule has 0 amide bonds. The lowest BCUT2D eigenvalue weighted by Crippen LogP contribution is -2.11. The van der Waals surface area contributed by atoms with E-state index in [1.807, 2.05) is 0 Å². The average Bonchev–Trinajstić information content (AvgIpc) is 3.88. The first kappa shape index (κ1) is 36.5. The summed E-state index contributed by atoms with van der Waals surface area (Å²) in [5, 5.41) is 4.93. The number of aromatic nitrogens is 2. The van der Waals surface area contributed by atoms with Crippen LogP contribution in [0.5, 0.6) is 0 Å². The van der Waals surface area contributed by atoms with E-state index < -0.39 is 0 Å². The van der Waals surface area contributed by atoms with E-state index in [1.54, 1.807) is 0 Å². The van der Waals surface area contributed by atoms with Crippen LogP contribution in [0.3, 0.4) is 0 Å². The van der Waals surface area contributed by atoms with Crippen molar-refractivity contribution < 1.29 is 0 Å². The van der Waals surface area contributed by atoms with Crippen LogP contribution in [0.15, 0.2) is 249 Å². The molecule has 0 spiro atoms. The molecule has 10 aromatic carbocycles. The summed E-state index contributed by atoms with van der Waals surface area (Å²) < 4.78 is 4.77. The fourth-order valence-electron chi connectivity index (χ4n) is 9.77. The fourth-order valence-corrected chi connectivity index (χ4v) is 9.77. The molecule has 0 aliphatic heterocycles. The third kappa shape index (κ3) is 6.13. The highest BCUT2D eigenvalue weighted by Crippen LogP contribution is 2.47. The SMILES string of the molecule is c1ccc(-c2ccccc2-c2ccccc2-c2ccccc2N(c2ccc(-n3c4ccccc4c4ccccc43)cc2)c2ccc3c(c2)c2ccccc2n3-c2ccccc2)cc1. The van der Waals surface area contributed by atoms with Crippen LogP contribution in [0.4, 0.5) is 17.1 Å². The predicted molar refractivity (Wildman–Crippen MR) is 266 cm³/mol. The van der Waals surface area contributed by atoms with Gasteiger partial charge in [0.1, 0.15) is 0 Å². The molecule has 12 rings (SSSR count). The molecule has 0 saturated carbocycles. The summed E-state index contributed by atoms with van der Waals surface area (Å²) in [6.07, 6.45) is 0. The Bertz CT molecular complexity index is 3560. The molecule has 0 N–H and O–H groups in total. The first-order chi connectivity index (χ1) is 31.3. The summed E-state index contributed by atoms with van der Waals surface area (Å²) in [7, 11) is 0. The van der Waals surface area contributed by atoms with Gasteiger partial charge in [-0.2, -0.15) is 0 Å². The van der Waals surface area contributed by atoms with E-state index >= 15 is 0 Å². The molecule has 2 heterocycles. The lowest BCUT2D eigenvalue weighted by atomic mass is 9.88. The average molecular weight is 804 g/mol. The lowest BCUT2D eigenvalue weighted by molar-refractivity contribution is 1.17. The number of hydrogen-bond acceptors (Lipinski definition) is 1. The van der Waals surface area contributed by atoms with Crippen LogP contribution in [0.25, 0.3) is 88.4 Å². The Morgan fingerprint density at radius 2 is 0.651 bits per heavy atom. The molecule has 0 bridgehead atoms. The van der Waals surface area contributed by atoms with Crippen molar-refractivity contribution in [2.45, 2.75) is 0 Å². The molecule has 12 aromatic rings. The quantitative estimate of drug-likeness (QED) is 0.149. The Hall–Kier alpha value is -8.40. The Kier molecular flexibility index (Phi) is 8.83. The van der Waals surface area contributed by atoms with Crippen LogP contribution in [0.1, 0.15) is 0 Å². The maximum Gasteiger partial charge on any atom is 0.0542 e. The molecule has 0 aliphatic rings. The van der Waals surface area contributed by atoms with E-state index in [4.69, 9.17) is 0 Å². The largest absolute Gasteiger partial charge is 0.310 e. The number of hydrogen-bond donors (Lipinski definition) is 0. The maximum atomic E-state index is 2.44. The molecule has 3 nitrogen and oxygen atoms in total. The van der Waals surface area contributed by atoms with E-state index in [1.165, 1.54) is 71.4 Å². The van der Waals surface area contributed by atoms with Crippen molar-refractivity contribution in [3.63, 3.8) is 0 Å². The molecular formula is C60H41N3. The highest BCUT2D eigenvalue weighted by atomic mass is 15.1. The Morgan fingerprint density at radius 3 is 1.25 bits per heavy atom. The van der Waals surface area contributed by atoms with Gasteiger partial charge in [-0.3, -0.25) is 0 Å². The normalized spacial score (nSPS) is 11.5. The zero-order valence-corrected chi connectivity index (χ0v) is 34.5. The van der Waals surface area contributed by atoms with Gasteiger partial charge in [0.25, 0.3) is 0 Å². The van der Waals surface area contributed by atoms with Gasteiger partial charge >= 0.3 is 0 Å². The van der Waals surface area contributed by atoms with Gasteiger partial charge in [-0.25, -0.2) is 0 Å². The number of fused-ring (bicyclic) bond motifs is 6. The highest BCUT2D eigenvalue weighted by molar-refractivity contribution is 6.11. The van der Waals surface area contributed by atoms with Crippen molar-refractivity contribution in [3.8, 4) is 44.8 Å². The third-order valence-corrected chi connectivity index (χ3v) is 12.5. The minimum Gasteiger partial charge on any atom is -0.310 e. The van der Waals surface area contributed by atoms with Crippen LogP contribution in [-0.2, 0) is 0 Å². The van der Waals surface area contributed by atoms with Gasteiger partial charge < -0.3 is 14.0 Å². The number of anilines is 3. The summed E-state index contributed by atoms with van der Waals surface area (Å²) in [4.78, 5) is 2.44. The maximum absolute atomic E-state index is 2.44. The van der Waals surface area contributed by atoms with Gasteiger partial charge in [0.2, 0.25) is 0 Å². The minimum atomic E-state index is 1.07. The van der Waals surface area contributed by atoms with E-state index in [9.17, 15) is 0 Å². The van der Waals surface area contributed by atoms with Gasteiger partial charge in [-0.15, -0.1) is 0 Å². The van der Waals surface area contributed by atoms with E-state index in [2.05, 4.69) is 263 Å². The summed E-state index contributed by atoms with van der Waals surface area (Å²) in [6.45, 7) is 0. The van der Waals surface area contributed by atoms with Crippen molar-refractivity contribution >= 4 is 60.7 Å². The second kappa shape index (κ2) is 15.3. The topological polar surface area (TPSA) is 13.1 Å². The van der Waals surface area contributed by atoms with Gasteiger partial charge in [0.15, 0.2) is 0 Å². The second-order valence-corrected chi connectivity index (χ2v) is 16.1. The summed E-state index contributed by atoms with van der Waals surface area (Å²) in [5.41, 5.74) is 17.4.